The van der Waals surface area contributed by atoms with E-state index >= 15 is 0 Å². The van der Waals surface area contributed by atoms with Crippen LogP contribution in [-0.4, -0.2) is 6.21 Å². The van der Waals surface area contributed by atoms with Crippen molar-refractivity contribution in [2.75, 3.05) is 0 Å². The largest absolute Gasteiger partial charge is 0.265 e. The second-order valence-electron chi connectivity index (χ2n) is 4.58. The predicted molar refractivity (Wildman–Crippen MR) is 70.5 cm³/mol. The molecule has 0 spiro atoms. The molecule has 1 aliphatic rings. The van der Waals surface area contributed by atoms with Crippen molar-refractivity contribution in [3.8, 4) is 0 Å². The van der Waals surface area contributed by atoms with Gasteiger partial charge in [0.25, 0.3) is 0 Å². The molecule has 1 heteroatoms. The van der Waals surface area contributed by atoms with Crippen LogP contribution >= 0.6 is 0 Å². The Morgan fingerprint density at radius 3 is 2.44 bits per heavy atom. The molecule has 0 radical (unpaired) electrons. The second-order valence-corrected chi connectivity index (χ2v) is 4.58. The van der Waals surface area contributed by atoms with E-state index in [1.54, 1.807) is 0 Å². The number of hydrogen-bond donors (Lipinski definition) is 0. The topological polar surface area (TPSA) is 12.4 Å². The average molecular weight is 213 g/mol. The summed E-state index contributed by atoms with van der Waals surface area (Å²) in [5.74, 6) is 1.48. The van der Waals surface area contributed by atoms with Gasteiger partial charge in [0.2, 0.25) is 0 Å². The van der Waals surface area contributed by atoms with E-state index in [9.17, 15) is 0 Å². The molecule has 16 heavy (non-hydrogen) atoms. The number of benzene rings is 1. The minimum absolute atomic E-state index is 0.677. The molecule has 1 fully saturated rings. The van der Waals surface area contributed by atoms with E-state index in [0.717, 1.165) is 5.92 Å². The third kappa shape index (κ3) is 2.24. The number of nitrogens with zero attached hydrogens (tertiary/aromatic N) is 1. The Kier molecular flexibility index (Phi) is 3.23. The Balaban J connectivity index is 2.36. The molecule has 0 N–H and O–H groups in total. The highest BCUT2D eigenvalue weighted by molar-refractivity contribution is 5.70. The predicted octanol–water partition coefficient (Wildman–Crippen LogP) is 4.16. The minimum Gasteiger partial charge on any atom is -0.265 e. The first kappa shape index (κ1) is 11.1. The SMILES string of the molecule is C/C=N\C(=C(/C)c1ccccc1)C1C[C@H]1C. The van der Waals surface area contributed by atoms with Crippen LogP contribution in [0, 0.1) is 11.8 Å². The van der Waals surface area contributed by atoms with E-state index in [2.05, 4.69) is 49.2 Å². The molecule has 0 saturated heterocycles. The zero-order valence-electron chi connectivity index (χ0n) is 10.3. The summed E-state index contributed by atoms with van der Waals surface area (Å²) >= 11 is 0. The molecule has 0 heterocycles. The smallest absolute Gasteiger partial charge is 0.0468 e. The molecule has 1 aromatic carbocycles. The van der Waals surface area contributed by atoms with Crippen LogP contribution in [0.25, 0.3) is 5.57 Å². The van der Waals surface area contributed by atoms with E-state index in [1.807, 2.05) is 13.1 Å². The van der Waals surface area contributed by atoms with Crippen LogP contribution in [0.15, 0.2) is 41.0 Å². The van der Waals surface area contributed by atoms with Crippen LogP contribution in [0.4, 0.5) is 0 Å². The van der Waals surface area contributed by atoms with Crippen LogP contribution in [-0.2, 0) is 0 Å². The molecule has 1 aromatic rings. The molecule has 1 nitrogen and oxygen atoms in total. The summed E-state index contributed by atoms with van der Waals surface area (Å²) in [6, 6.07) is 10.5. The number of hydrogen-bond acceptors (Lipinski definition) is 1. The Hall–Kier alpha value is -1.37. The Bertz CT molecular complexity index is 414. The quantitative estimate of drug-likeness (QED) is 0.668. The molecule has 2 rings (SSSR count). The van der Waals surface area contributed by atoms with Gasteiger partial charge in [0.05, 0.1) is 0 Å². The van der Waals surface area contributed by atoms with Gasteiger partial charge in [-0.2, -0.15) is 0 Å². The molecule has 0 amide bonds. The van der Waals surface area contributed by atoms with E-state index in [4.69, 9.17) is 0 Å². The van der Waals surface area contributed by atoms with Crippen molar-refractivity contribution >= 4 is 11.8 Å². The van der Waals surface area contributed by atoms with Gasteiger partial charge in [-0.15, -0.1) is 0 Å². The van der Waals surface area contributed by atoms with Crippen LogP contribution in [0.1, 0.15) is 32.8 Å². The first-order valence-electron chi connectivity index (χ1n) is 5.99. The van der Waals surface area contributed by atoms with Gasteiger partial charge < -0.3 is 0 Å². The van der Waals surface area contributed by atoms with Crippen LogP contribution < -0.4 is 0 Å². The van der Waals surface area contributed by atoms with Gasteiger partial charge in [-0.1, -0.05) is 37.3 Å². The highest BCUT2D eigenvalue weighted by atomic mass is 14.8. The second kappa shape index (κ2) is 4.65. The summed E-state index contributed by atoms with van der Waals surface area (Å²) in [7, 11) is 0. The molecule has 0 bridgehead atoms. The van der Waals surface area contributed by atoms with E-state index < -0.39 is 0 Å². The van der Waals surface area contributed by atoms with Crippen molar-refractivity contribution in [2.24, 2.45) is 16.8 Å². The summed E-state index contributed by atoms with van der Waals surface area (Å²) in [5.41, 5.74) is 3.90. The lowest BCUT2D eigenvalue weighted by Crippen LogP contribution is -1.91. The number of aliphatic imine (C=N–C) groups is 1. The maximum Gasteiger partial charge on any atom is 0.0468 e. The van der Waals surface area contributed by atoms with Crippen LogP contribution in [0.3, 0.4) is 0 Å². The van der Waals surface area contributed by atoms with E-state index in [-0.39, 0.29) is 0 Å². The van der Waals surface area contributed by atoms with Gasteiger partial charge in [0, 0.05) is 17.8 Å². The molecule has 2 atom stereocenters. The number of allylic oxidation sites excluding steroid dienone is 2. The normalized spacial score (nSPS) is 25.7. The summed E-state index contributed by atoms with van der Waals surface area (Å²) in [5, 5.41) is 0. The molecule has 1 saturated carbocycles. The Morgan fingerprint density at radius 1 is 1.31 bits per heavy atom. The summed E-state index contributed by atoms with van der Waals surface area (Å²) < 4.78 is 0. The highest BCUT2D eigenvalue weighted by Crippen LogP contribution is 2.46. The molecule has 0 aliphatic heterocycles. The van der Waals surface area contributed by atoms with E-state index in [1.165, 1.54) is 23.3 Å². The molecule has 1 unspecified atom stereocenters. The molecule has 84 valence electrons. The van der Waals surface area contributed by atoms with Crippen molar-refractivity contribution in [1.82, 2.24) is 0 Å². The van der Waals surface area contributed by atoms with Crippen molar-refractivity contribution in [1.29, 1.82) is 0 Å². The summed E-state index contributed by atoms with van der Waals surface area (Å²) in [4.78, 5) is 4.57. The lowest BCUT2D eigenvalue weighted by Gasteiger charge is -2.07. The van der Waals surface area contributed by atoms with Crippen molar-refractivity contribution in [2.45, 2.75) is 27.2 Å². The maximum absolute atomic E-state index is 4.57. The fourth-order valence-corrected chi connectivity index (χ4v) is 2.15. The third-order valence-electron chi connectivity index (χ3n) is 3.32. The lowest BCUT2D eigenvalue weighted by molar-refractivity contribution is 0.848. The van der Waals surface area contributed by atoms with Gasteiger partial charge in [-0.05, 0) is 37.3 Å². The third-order valence-corrected chi connectivity index (χ3v) is 3.32. The van der Waals surface area contributed by atoms with Crippen LogP contribution in [0.2, 0.25) is 0 Å². The van der Waals surface area contributed by atoms with Gasteiger partial charge >= 0.3 is 0 Å². The minimum atomic E-state index is 0.677. The first-order chi connectivity index (χ1) is 7.74. The lowest BCUT2D eigenvalue weighted by atomic mass is 10.0. The Labute approximate surface area is 97.9 Å². The standard InChI is InChI=1S/C15H19N/c1-4-16-15(14-10-11(14)2)12(3)13-8-6-5-7-9-13/h4-9,11,14H,10H2,1-3H3/b15-12+,16-4-/t11-,14?/m1/s1. The number of rotatable bonds is 3. The zero-order valence-corrected chi connectivity index (χ0v) is 10.3. The zero-order chi connectivity index (χ0) is 11.5. The van der Waals surface area contributed by atoms with Gasteiger partial charge in [0.1, 0.15) is 0 Å². The summed E-state index contributed by atoms with van der Waals surface area (Å²) in [6.45, 7) is 6.47. The van der Waals surface area contributed by atoms with Crippen molar-refractivity contribution in [3.63, 3.8) is 0 Å². The highest BCUT2D eigenvalue weighted by Gasteiger charge is 2.36. The molecular weight excluding hydrogens is 194 g/mol. The van der Waals surface area contributed by atoms with Crippen molar-refractivity contribution < 1.29 is 0 Å². The monoisotopic (exact) mass is 213 g/mol. The summed E-state index contributed by atoms with van der Waals surface area (Å²) in [6.07, 6.45) is 3.20. The molecular formula is C15H19N. The van der Waals surface area contributed by atoms with Gasteiger partial charge in [-0.25, -0.2) is 0 Å². The molecule has 0 aromatic heterocycles. The average Bonchev–Trinajstić information content (AvgIpc) is 3.03. The fraction of sp³-hybridized carbons (Fsp3) is 0.400. The van der Waals surface area contributed by atoms with E-state index in [0.29, 0.717) is 5.92 Å². The van der Waals surface area contributed by atoms with Gasteiger partial charge in [0.15, 0.2) is 0 Å². The molecule has 1 aliphatic carbocycles. The van der Waals surface area contributed by atoms with Crippen LogP contribution in [0.5, 0.6) is 0 Å². The first-order valence-corrected chi connectivity index (χ1v) is 5.99. The fourth-order valence-electron chi connectivity index (χ4n) is 2.15. The maximum atomic E-state index is 4.57. The van der Waals surface area contributed by atoms with Crippen molar-refractivity contribution in [3.05, 3.63) is 41.6 Å². The van der Waals surface area contributed by atoms with Gasteiger partial charge in [-0.3, -0.25) is 4.99 Å². The Morgan fingerprint density at radius 2 is 1.94 bits per heavy atom.